The standard InChI is InChI=1S/C14H16F3N3O3/c1-8(18)12(21)19-11-5-6-20(13(11)22)9-3-2-4-10(7-9)23-14(15,16)17/h2-4,7-8,11H,5-6,18H2,1H3,(H,19,21)/t8-,11?/m1/s1. The third-order valence-corrected chi connectivity index (χ3v) is 3.30. The summed E-state index contributed by atoms with van der Waals surface area (Å²) in [5.41, 5.74) is 5.70. The van der Waals surface area contributed by atoms with Gasteiger partial charge in [0.05, 0.1) is 6.04 Å². The molecule has 0 bridgehead atoms. The SMILES string of the molecule is C[C@@H](N)C(=O)NC1CCN(c2cccc(OC(F)(F)F)c2)C1=O. The van der Waals surface area contributed by atoms with Crippen LogP contribution in [0.3, 0.4) is 0 Å². The zero-order valence-corrected chi connectivity index (χ0v) is 12.3. The first-order chi connectivity index (χ1) is 10.7. The molecule has 1 fully saturated rings. The second kappa shape index (κ2) is 6.45. The molecule has 1 heterocycles. The summed E-state index contributed by atoms with van der Waals surface area (Å²) in [4.78, 5) is 25.1. The van der Waals surface area contributed by atoms with Gasteiger partial charge in [-0.1, -0.05) is 6.07 Å². The summed E-state index contributed by atoms with van der Waals surface area (Å²) in [5.74, 6) is -1.27. The van der Waals surface area contributed by atoms with E-state index in [1.54, 1.807) is 0 Å². The maximum Gasteiger partial charge on any atom is 0.573 e. The Balaban J connectivity index is 2.10. The van der Waals surface area contributed by atoms with Gasteiger partial charge in [-0.15, -0.1) is 13.2 Å². The number of rotatable bonds is 4. The lowest BCUT2D eigenvalue weighted by Crippen LogP contribution is -2.47. The van der Waals surface area contributed by atoms with Gasteiger partial charge in [-0.05, 0) is 25.5 Å². The highest BCUT2D eigenvalue weighted by Crippen LogP contribution is 2.29. The summed E-state index contributed by atoms with van der Waals surface area (Å²) in [6, 6.07) is 3.64. The van der Waals surface area contributed by atoms with E-state index in [9.17, 15) is 22.8 Å². The van der Waals surface area contributed by atoms with Gasteiger partial charge in [0.25, 0.3) is 0 Å². The Hall–Kier alpha value is -2.29. The first kappa shape index (κ1) is 17.1. The van der Waals surface area contributed by atoms with Crippen LogP contribution in [0.5, 0.6) is 5.75 Å². The van der Waals surface area contributed by atoms with E-state index in [1.807, 2.05) is 0 Å². The molecular weight excluding hydrogens is 315 g/mol. The van der Waals surface area contributed by atoms with E-state index in [0.717, 1.165) is 12.1 Å². The molecule has 2 amide bonds. The van der Waals surface area contributed by atoms with E-state index in [4.69, 9.17) is 5.73 Å². The van der Waals surface area contributed by atoms with Crippen LogP contribution in [0.4, 0.5) is 18.9 Å². The Labute approximate surface area is 130 Å². The Morgan fingerprint density at radius 1 is 1.48 bits per heavy atom. The van der Waals surface area contributed by atoms with Crippen molar-refractivity contribution in [1.82, 2.24) is 5.32 Å². The number of carbonyl (C=O) groups excluding carboxylic acids is 2. The van der Waals surface area contributed by atoms with E-state index in [1.165, 1.54) is 24.0 Å². The number of nitrogens with one attached hydrogen (secondary N) is 1. The number of ether oxygens (including phenoxy) is 1. The van der Waals surface area contributed by atoms with Crippen molar-refractivity contribution in [2.24, 2.45) is 5.73 Å². The van der Waals surface area contributed by atoms with Crippen LogP contribution in [0, 0.1) is 0 Å². The average molecular weight is 331 g/mol. The zero-order chi connectivity index (χ0) is 17.2. The Bertz CT molecular complexity index is 604. The van der Waals surface area contributed by atoms with Crippen LogP contribution in [0.1, 0.15) is 13.3 Å². The van der Waals surface area contributed by atoms with Gasteiger partial charge in [0.1, 0.15) is 11.8 Å². The fourth-order valence-electron chi connectivity index (χ4n) is 2.22. The molecule has 1 aromatic carbocycles. The number of alkyl halides is 3. The van der Waals surface area contributed by atoms with E-state index in [0.29, 0.717) is 6.42 Å². The van der Waals surface area contributed by atoms with E-state index in [-0.39, 0.29) is 12.2 Å². The van der Waals surface area contributed by atoms with Gasteiger partial charge in [0, 0.05) is 18.3 Å². The topological polar surface area (TPSA) is 84.7 Å². The molecule has 2 rings (SSSR count). The molecule has 126 valence electrons. The van der Waals surface area contributed by atoms with E-state index in [2.05, 4.69) is 10.1 Å². The van der Waals surface area contributed by atoms with Gasteiger partial charge in [-0.25, -0.2) is 0 Å². The molecule has 1 saturated heterocycles. The van der Waals surface area contributed by atoms with Gasteiger partial charge in [0.2, 0.25) is 11.8 Å². The quantitative estimate of drug-likeness (QED) is 0.867. The largest absolute Gasteiger partial charge is 0.573 e. The normalized spacial score (nSPS) is 19.6. The Kier molecular flexibility index (Phi) is 4.79. The maximum absolute atomic E-state index is 12.3. The first-order valence-electron chi connectivity index (χ1n) is 6.90. The fraction of sp³-hybridized carbons (Fsp3) is 0.429. The number of halogens is 3. The van der Waals surface area contributed by atoms with Gasteiger partial charge < -0.3 is 20.7 Å². The summed E-state index contributed by atoms with van der Waals surface area (Å²) >= 11 is 0. The summed E-state index contributed by atoms with van der Waals surface area (Å²) in [6.45, 7) is 1.77. The molecule has 0 spiro atoms. The highest BCUT2D eigenvalue weighted by molar-refractivity contribution is 6.01. The molecule has 6 nitrogen and oxygen atoms in total. The zero-order valence-electron chi connectivity index (χ0n) is 12.3. The molecule has 9 heteroatoms. The lowest BCUT2D eigenvalue weighted by molar-refractivity contribution is -0.274. The monoisotopic (exact) mass is 331 g/mol. The summed E-state index contributed by atoms with van der Waals surface area (Å²) < 4.78 is 40.6. The Morgan fingerprint density at radius 3 is 2.78 bits per heavy atom. The summed E-state index contributed by atoms with van der Waals surface area (Å²) in [6.07, 6.45) is -4.46. The average Bonchev–Trinajstić information content (AvgIpc) is 2.78. The van der Waals surface area contributed by atoms with Gasteiger partial charge >= 0.3 is 6.36 Å². The van der Waals surface area contributed by atoms with Crippen molar-refractivity contribution in [3.05, 3.63) is 24.3 Å². The maximum atomic E-state index is 12.3. The molecule has 0 aliphatic carbocycles. The lowest BCUT2D eigenvalue weighted by Gasteiger charge is -2.19. The van der Waals surface area contributed by atoms with Gasteiger partial charge in [0.15, 0.2) is 0 Å². The molecule has 1 unspecified atom stereocenters. The number of nitrogens with two attached hydrogens (primary N) is 1. The summed E-state index contributed by atoms with van der Waals surface area (Å²) in [7, 11) is 0. The number of hydrogen-bond donors (Lipinski definition) is 2. The van der Waals surface area contributed by atoms with Crippen molar-refractivity contribution in [3.63, 3.8) is 0 Å². The number of benzene rings is 1. The van der Waals surface area contributed by atoms with Crippen molar-refractivity contribution >= 4 is 17.5 Å². The predicted molar refractivity (Wildman–Crippen MR) is 75.7 cm³/mol. The molecule has 3 N–H and O–H groups in total. The molecule has 1 aliphatic rings. The van der Waals surface area contributed by atoms with Gasteiger partial charge in [-0.2, -0.15) is 0 Å². The highest BCUT2D eigenvalue weighted by atomic mass is 19.4. The third-order valence-electron chi connectivity index (χ3n) is 3.30. The molecule has 0 radical (unpaired) electrons. The minimum atomic E-state index is -4.80. The molecule has 2 atom stereocenters. The van der Waals surface area contributed by atoms with Gasteiger partial charge in [-0.3, -0.25) is 9.59 Å². The molecule has 0 aromatic heterocycles. The van der Waals surface area contributed by atoms with E-state index >= 15 is 0 Å². The van der Waals surface area contributed by atoms with Crippen LogP contribution >= 0.6 is 0 Å². The number of nitrogens with zero attached hydrogens (tertiary/aromatic N) is 1. The van der Waals surface area contributed by atoms with Crippen molar-refractivity contribution in [2.75, 3.05) is 11.4 Å². The molecule has 23 heavy (non-hydrogen) atoms. The number of anilines is 1. The van der Waals surface area contributed by atoms with Crippen LogP contribution in [-0.2, 0) is 9.59 Å². The summed E-state index contributed by atoms with van der Waals surface area (Å²) in [5, 5.41) is 2.51. The Morgan fingerprint density at radius 2 is 2.17 bits per heavy atom. The third kappa shape index (κ3) is 4.35. The van der Waals surface area contributed by atoms with Crippen molar-refractivity contribution in [2.45, 2.75) is 31.8 Å². The van der Waals surface area contributed by atoms with Crippen LogP contribution in [0.25, 0.3) is 0 Å². The van der Waals surface area contributed by atoms with Crippen LogP contribution < -0.4 is 20.7 Å². The minimum Gasteiger partial charge on any atom is -0.406 e. The lowest BCUT2D eigenvalue weighted by atomic mass is 10.2. The van der Waals surface area contributed by atoms with Crippen molar-refractivity contribution in [1.29, 1.82) is 0 Å². The second-order valence-corrected chi connectivity index (χ2v) is 5.17. The minimum absolute atomic E-state index is 0.272. The van der Waals surface area contributed by atoms with Crippen LogP contribution in [-0.4, -0.2) is 36.8 Å². The molecule has 1 aromatic rings. The molecule has 0 saturated carbocycles. The number of carbonyl (C=O) groups is 2. The van der Waals surface area contributed by atoms with Crippen molar-refractivity contribution in [3.8, 4) is 5.75 Å². The number of hydrogen-bond acceptors (Lipinski definition) is 4. The predicted octanol–water partition coefficient (Wildman–Crippen LogP) is 1.15. The van der Waals surface area contributed by atoms with Crippen molar-refractivity contribution < 1.29 is 27.5 Å². The molecular formula is C14H16F3N3O3. The fourth-order valence-corrected chi connectivity index (χ4v) is 2.22. The van der Waals surface area contributed by atoms with Crippen LogP contribution in [0.15, 0.2) is 24.3 Å². The number of amides is 2. The first-order valence-corrected chi connectivity index (χ1v) is 6.90. The van der Waals surface area contributed by atoms with E-state index < -0.39 is 36.0 Å². The molecule has 1 aliphatic heterocycles. The smallest absolute Gasteiger partial charge is 0.406 e. The highest BCUT2D eigenvalue weighted by Gasteiger charge is 2.35. The second-order valence-electron chi connectivity index (χ2n) is 5.17. The van der Waals surface area contributed by atoms with Crippen LogP contribution in [0.2, 0.25) is 0 Å².